The molecule has 0 aliphatic carbocycles. The fourth-order valence-electron chi connectivity index (χ4n) is 2.31. The third-order valence-electron chi connectivity index (χ3n) is 3.50. The van der Waals surface area contributed by atoms with Gasteiger partial charge in [0.05, 0.1) is 16.1 Å². The van der Waals surface area contributed by atoms with Gasteiger partial charge in [0.15, 0.2) is 0 Å². The first kappa shape index (κ1) is 16.0. The van der Waals surface area contributed by atoms with E-state index in [1.54, 1.807) is 17.4 Å². The van der Waals surface area contributed by atoms with Gasteiger partial charge in [0.1, 0.15) is 5.82 Å². The second-order valence-corrected chi connectivity index (χ2v) is 6.92. The van der Waals surface area contributed by atoms with Gasteiger partial charge in [0.25, 0.3) is 5.91 Å². The molecule has 1 aromatic carbocycles. The van der Waals surface area contributed by atoms with Crippen LogP contribution in [0.3, 0.4) is 0 Å². The zero-order valence-electron chi connectivity index (χ0n) is 12.6. The quantitative estimate of drug-likeness (QED) is 0.719. The maximum Gasteiger partial charge on any atom is 0.252 e. The Morgan fingerprint density at radius 3 is 2.87 bits per heavy atom. The summed E-state index contributed by atoms with van der Waals surface area (Å²) in [5, 5.41) is 4.98. The maximum absolute atomic E-state index is 12.2. The summed E-state index contributed by atoms with van der Waals surface area (Å²) in [6, 6.07) is 11.5. The Morgan fingerprint density at radius 2 is 2.13 bits per heavy atom. The van der Waals surface area contributed by atoms with E-state index >= 15 is 0 Å². The van der Waals surface area contributed by atoms with Crippen molar-refractivity contribution in [3.05, 3.63) is 63.8 Å². The van der Waals surface area contributed by atoms with Crippen LogP contribution in [0.4, 0.5) is 0 Å². The molecule has 1 N–H and O–H groups in total. The van der Waals surface area contributed by atoms with Gasteiger partial charge in [-0.15, -0.1) is 11.3 Å². The molecular formula is C17H16BrN3OS. The number of carbonyl (C=O) groups excluding carboxylic acids is 1. The van der Waals surface area contributed by atoms with Gasteiger partial charge in [0.2, 0.25) is 0 Å². The number of halogens is 1. The number of rotatable bonds is 5. The Bertz CT molecular complexity index is 811. The van der Waals surface area contributed by atoms with E-state index < -0.39 is 0 Å². The largest absolute Gasteiger partial charge is 0.352 e. The average molecular weight is 390 g/mol. The number of nitrogens with one attached hydrogen (secondary N) is 1. The molecule has 0 spiro atoms. The highest BCUT2D eigenvalue weighted by atomic mass is 79.9. The minimum absolute atomic E-state index is 0.0786. The Kier molecular flexibility index (Phi) is 4.93. The lowest BCUT2D eigenvalue weighted by atomic mass is 10.2. The molecule has 23 heavy (non-hydrogen) atoms. The van der Waals surface area contributed by atoms with E-state index in [4.69, 9.17) is 0 Å². The minimum Gasteiger partial charge on any atom is -0.352 e. The van der Waals surface area contributed by atoms with Crippen molar-refractivity contribution in [2.75, 3.05) is 6.54 Å². The highest BCUT2D eigenvalue weighted by Crippen LogP contribution is 2.23. The van der Waals surface area contributed by atoms with Crippen LogP contribution < -0.4 is 5.32 Å². The molecule has 3 rings (SSSR count). The highest BCUT2D eigenvalue weighted by molar-refractivity contribution is 9.10. The van der Waals surface area contributed by atoms with Crippen molar-refractivity contribution in [2.45, 2.75) is 6.42 Å². The predicted octanol–water partition coefficient (Wildman–Crippen LogP) is 3.88. The number of aryl methyl sites for hydroxylation is 1. The molecule has 0 radical (unpaired) electrons. The number of carbonyl (C=O) groups is 1. The zero-order valence-corrected chi connectivity index (χ0v) is 15.0. The smallest absolute Gasteiger partial charge is 0.252 e. The van der Waals surface area contributed by atoms with Crippen molar-refractivity contribution in [3.8, 4) is 10.6 Å². The fourth-order valence-corrected chi connectivity index (χ4v) is 3.45. The summed E-state index contributed by atoms with van der Waals surface area (Å²) >= 11 is 5.07. The number of thiophene rings is 1. The molecule has 0 aliphatic rings. The van der Waals surface area contributed by atoms with Crippen LogP contribution >= 0.6 is 27.3 Å². The molecule has 6 heteroatoms. The summed E-state index contributed by atoms with van der Waals surface area (Å²) in [7, 11) is 1.98. The standard InChI is InChI=1S/C17H16BrN3OS/c1-21-11-14(15-7-4-10-23-15)20-16(21)8-9-19-17(22)12-5-2-3-6-13(12)18/h2-7,10-11H,8-9H2,1H3,(H,19,22). The molecular weight excluding hydrogens is 374 g/mol. The number of hydrogen-bond donors (Lipinski definition) is 1. The lowest BCUT2D eigenvalue weighted by Crippen LogP contribution is -2.26. The Morgan fingerprint density at radius 1 is 1.30 bits per heavy atom. The van der Waals surface area contributed by atoms with Crippen molar-refractivity contribution >= 4 is 33.2 Å². The average Bonchev–Trinajstić information content (AvgIpc) is 3.18. The number of imidazole rings is 1. The van der Waals surface area contributed by atoms with Crippen molar-refractivity contribution in [1.82, 2.24) is 14.9 Å². The summed E-state index contributed by atoms with van der Waals surface area (Å²) in [6.45, 7) is 0.550. The third-order valence-corrected chi connectivity index (χ3v) is 5.08. The van der Waals surface area contributed by atoms with Gasteiger partial charge in [-0.1, -0.05) is 18.2 Å². The summed E-state index contributed by atoms with van der Waals surface area (Å²) in [5.41, 5.74) is 1.63. The van der Waals surface area contributed by atoms with Gasteiger partial charge < -0.3 is 9.88 Å². The first-order valence-corrected chi connectivity index (χ1v) is 8.91. The van der Waals surface area contributed by atoms with E-state index in [1.807, 2.05) is 47.5 Å². The first-order valence-electron chi connectivity index (χ1n) is 7.24. The monoisotopic (exact) mass is 389 g/mol. The number of aromatic nitrogens is 2. The molecule has 118 valence electrons. The van der Waals surface area contributed by atoms with Crippen LogP contribution in [0.1, 0.15) is 16.2 Å². The van der Waals surface area contributed by atoms with Crippen LogP contribution in [0.15, 0.2) is 52.4 Å². The maximum atomic E-state index is 12.2. The third kappa shape index (κ3) is 3.71. The molecule has 0 bridgehead atoms. The highest BCUT2D eigenvalue weighted by Gasteiger charge is 2.11. The number of benzene rings is 1. The lowest BCUT2D eigenvalue weighted by Gasteiger charge is -2.06. The van der Waals surface area contributed by atoms with E-state index in [1.165, 1.54) is 0 Å². The number of nitrogens with zero attached hydrogens (tertiary/aromatic N) is 2. The summed E-state index contributed by atoms with van der Waals surface area (Å²) in [4.78, 5) is 18.0. The summed E-state index contributed by atoms with van der Waals surface area (Å²) < 4.78 is 2.81. The molecule has 0 saturated heterocycles. The van der Waals surface area contributed by atoms with E-state index in [9.17, 15) is 4.79 Å². The van der Waals surface area contributed by atoms with E-state index in [0.29, 0.717) is 18.5 Å². The molecule has 0 fully saturated rings. The van der Waals surface area contributed by atoms with Gasteiger partial charge in [-0.3, -0.25) is 4.79 Å². The number of amides is 1. The Balaban J connectivity index is 1.61. The predicted molar refractivity (Wildman–Crippen MR) is 96.7 cm³/mol. The van der Waals surface area contributed by atoms with Crippen molar-refractivity contribution in [2.24, 2.45) is 7.05 Å². The molecule has 1 amide bonds. The van der Waals surface area contributed by atoms with Gasteiger partial charge in [-0.25, -0.2) is 4.98 Å². The van der Waals surface area contributed by atoms with Crippen molar-refractivity contribution in [3.63, 3.8) is 0 Å². The van der Waals surface area contributed by atoms with Crippen molar-refractivity contribution < 1.29 is 4.79 Å². The van der Waals surface area contributed by atoms with Crippen molar-refractivity contribution in [1.29, 1.82) is 0 Å². The molecule has 3 aromatic rings. The SMILES string of the molecule is Cn1cc(-c2cccs2)nc1CCNC(=O)c1ccccc1Br. The van der Waals surface area contributed by atoms with Gasteiger partial charge in [0, 0.05) is 30.7 Å². The Labute approximate surface area is 147 Å². The molecule has 0 saturated carbocycles. The molecule has 4 nitrogen and oxygen atoms in total. The summed E-state index contributed by atoms with van der Waals surface area (Å²) in [5.74, 6) is 0.881. The van der Waals surface area contributed by atoms with Crippen LogP contribution in [0.5, 0.6) is 0 Å². The minimum atomic E-state index is -0.0786. The van der Waals surface area contributed by atoms with Gasteiger partial charge in [-0.05, 0) is 39.5 Å². The first-order chi connectivity index (χ1) is 11.1. The lowest BCUT2D eigenvalue weighted by molar-refractivity contribution is 0.0953. The summed E-state index contributed by atoms with van der Waals surface area (Å²) in [6.07, 6.45) is 2.72. The molecule has 0 atom stereocenters. The normalized spacial score (nSPS) is 10.7. The Hall–Kier alpha value is -1.92. The van der Waals surface area contributed by atoms with E-state index in [-0.39, 0.29) is 5.91 Å². The molecule has 2 aromatic heterocycles. The topological polar surface area (TPSA) is 46.9 Å². The van der Waals surface area contributed by atoms with Gasteiger partial charge in [-0.2, -0.15) is 0 Å². The van der Waals surface area contributed by atoms with Crippen LogP contribution in [0, 0.1) is 0 Å². The zero-order chi connectivity index (χ0) is 16.2. The fraction of sp³-hybridized carbons (Fsp3) is 0.176. The van der Waals surface area contributed by atoms with E-state index in [2.05, 4.69) is 32.3 Å². The van der Waals surface area contributed by atoms with Crippen LogP contribution in [0.2, 0.25) is 0 Å². The second-order valence-electron chi connectivity index (χ2n) is 5.12. The van der Waals surface area contributed by atoms with Crippen LogP contribution in [0.25, 0.3) is 10.6 Å². The second kappa shape index (κ2) is 7.10. The van der Waals surface area contributed by atoms with Gasteiger partial charge >= 0.3 is 0 Å². The molecule has 0 unspecified atom stereocenters. The van der Waals surface area contributed by atoms with E-state index in [0.717, 1.165) is 20.9 Å². The van der Waals surface area contributed by atoms with Crippen LogP contribution in [-0.2, 0) is 13.5 Å². The van der Waals surface area contributed by atoms with Crippen LogP contribution in [-0.4, -0.2) is 22.0 Å². The molecule has 0 aliphatic heterocycles. The molecule has 2 heterocycles. The number of hydrogen-bond acceptors (Lipinski definition) is 3.